The highest BCUT2D eigenvalue weighted by Gasteiger charge is 2.42. The maximum atomic E-state index is 13.6. The molecule has 5 rings (SSSR count). The average Bonchev–Trinajstić information content (AvgIpc) is 2.76. The van der Waals surface area contributed by atoms with E-state index < -0.39 is 11.7 Å². The van der Waals surface area contributed by atoms with Crippen molar-refractivity contribution in [3.63, 3.8) is 0 Å². The Hall–Kier alpha value is -2.50. The molecule has 0 aliphatic carbocycles. The van der Waals surface area contributed by atoms with E-state index >= 15 is 0 Å². The highest BCUT2D eigenvalue weighted by Crippen LogP contribution is 2.42. The fourth-order valence-corrected chi connectivity index (χ4v) is 5.42. The molecule has 2 unspecified atom stereocenters. The van der Waals surface area contributed by atoms with E-state index in [0.717, 1.165) is 37.9 Å². The second-order valence-electron chi connectivity index (χ2n) is 8.69. The Bertz CT molecular complexity index is 971. The lowest BCUT2D eigenvalue weighted by molar-refractivity contribution is -0.137. The van der Waals surface area contributed by atoms with Gasteiger partial charge in [0.15, 0.2) is 0 Å². The summed E-state index contributed by atoms with van der Waals surface area (Å²) in [6, 6.07) is 12.3. The van der Waals surface area contributed by atoms with Crippen LogP contribution in [-0.4, -0.2) is 29.9 Å². The van der Waals surface area contributed by atoms with Gasteiger partial charge in [-0.25, -0.2) is 0 Å². The van der Waals surface area contributed by atoms with Crippen molar-refractivity contribution in [3.05, 3.63) is 64.7 Å². The molecule has 0 bridgehead atoms. The van der Waals surface area contributed by atoms with Crippen LogP contribution in [0, 0.1) is 5.92 Å². The highest BCUT2D eigenvalue weighted by molar-refractivity contribution is 5.82. The van der Waals surface area contributed by atoms with E-state index in [9.17, 15) is 18.0 Å². The molecule has 0 spiro atoms. The zero-order chi connectivity index (χ0) is 20.9. The number of hydrogen-bond donors (Lipinski definition) is 0. The molecule has 30 heavy (non-hydrogen) atoms. The predicted molar refractivity (Wildman–Crippen MR) is 109 cm³/mol. The van der Waals surface area contributed by atoms with Crippen molar-refractivity contribution in [2.45, 2.75) is 50.9 Å². The third-order valence-corrected chi connectivity index (χ3v) is 6.93. The van der Waals surface area contributed by atoms with E-state index in [1.54, 1.807) is 6.07 Å². The van der Waals surface area contributed by atoms with E-state index in [4.69, 9.17) is 0 Å². The normalized spacial score (nSPS) is 23.4. The molecular formula is C24H25F3N2O. The molecule has 0 N–H and O–H groups in total. The number of nitrogens with zero attached hydrogens (tertiary/aromatic N) is 2. The first-order valence-electron chi connectivity index (χ1n) is 10.7. The highest BCUT2D eigenvalue weighted by atomic mass is 19.4. The smallest absolute Gasteiger partial charge is 0.368 e. The first kappa shape index (κ1) is 19.5. The lowest BCUT2D eigenvalue weighted by atomic mass is 9.79. The molecule has 3 nitrogen and oxygen atoms in total. The van der Waals surface area contributed by atoms with E-state index in [1.807, 2.05) is 17.0 Å². The molecule has 2 aromatic carbocycles. The van der Waals surface area contributed by atoms with Gasteiger partial charge in [-0.05, 0) is 67.0 Å². The second-order valence-corrected chi connectivity index (χ2v) is 8.69. The summed E-state index contributed by atoms with van der Waals surface area (Å²) < 4.78 is 39.9. The number of hydrogen-bond acceptors (Lipinski definition) is 2. The Balaban J connectivity index is 1.46. The summed E-state index contributed by atoms with van der Waals surface area (Å²) in [4.78, 5) is 17.7. The maximum absolute atomic E-state index is 13.6. The predicted octanol–water partition coefficient (Wildman–Crippen LogP) is 4.82. The van der Waals surface area contributed by atoms with Gasteiger partial charge < -0.3 is 9.80 Å². The quantitative estimate of drug-likeness (QED) is 0.668. The van der Waals surface area contributed by atoms with Crippen LogP contribution in [0.3, 0.4) is 0 Å². The summed E-state index contributed by atoms with van der Waals surface area (Å²) in [6.07, 6.45) is -0.168. The monoisotopic (exact) mass is 414 g/mol. The molecule has 0 aromatic heterocycles. The minimum atomic E-state index is -4.37. The van der Waals surface area contributed by atoms with Crippen LogP contribution in [0.4, 0.5) is 18.9 Å². The van der Waals surface area contributed by atoms with Crippen LogP contribution >= 0.6 is 0 Å². The molecule has 3 aliphatic rings. The molecule has 2 aromatic rings. The van der Waals surface area contributed by atoms with Crippen LogP contribution in [0.5, 0.6) is 0 Å². The zero-order valence-corrected chi connectivity index (χ0v) is 16.8. The lowest BCUT2D eigenvalue weighted by Gasteiger charge is -2.47. The van der Waals surface area contributed by atoms with Gasteiger partial charge >= 0.3 is 6.18 Å². The topological polar surface area (TPSA) is 23.6 Å². The van der Waals surface area contributed by atoms with Gasteiger partial charge in [0.1, 0.15) is 0 Å². The molecule has 158 valence electrons. The molecule has 2 atom stereocenters. The molecule has 6 heteroatoms. The van der Waals surface area contributed by atoms with Gasteiger partial charge in [0, 0.05) is 31.4 Å². The Morgan fingerprint density at radius 1 is 0.967 bits per heavy atom. The number of amides is 1. The Morgan fingerprint density at radius 2 is 1.77 bits per heavy atom. The average molecular weight is 414 g/mol. The third-order valence-electron chi connectivity index (χ3n) is 6.93. The fourth-order valence-electron chi connectivity index (χ4n) is 5.42. The van der Waals surface area contributed by atoms with Crippen molar-refractivity contribution in [3.8, 4) is 0 Å². The number of halogens is 3. The van der Waals surface area contributed by atoms with Crippen LogP contribution in [0.1, 0.15) is 41.5 Å². The summed E-state index contributed by atoms with van der Waals surface area (Å²) in [5.74, 6) is -0.198. The first-order valence-corrected chi connectivity index (χ1v) is 10.7. The number of anilines is 1. The Kier molecular flexibility index (Phi) is 4.75. The van der Waals surface area contributed by atoms with E-state index in [2.05, 4.69) is 17.0 Å². The van der Waals surface area contributed by atoms with Crippen molar-refractivity contribution in [2.24, 2.45) is 5.92 Å². The van der Waals surface area contributed by atoms with E-state index in [-0.39, 0.29) is 17.9 Å². The molecule has 1 amide bonds. The first-order chi connectivity index (χ1) is 14.4. The van der Waals surface area contributed by atoms with Crippen LogP contribution in [0.2, 0.25) is 0 Å². The van der Waals surface area contributed by atoms with Crippen molar-refractivity contribution in [1.29, 1.82) is 0 Å². The molecular weight excluding hydrogens is 389 g/mol. The number of fused-ring (bicyclic) bond motifs is 4. The molecule has 3 aliphatic heterocycles. The van der Waals surface area contributed by atoms with Gasteiger partial charge in [0.2, 0.25) is 5.91 Å². The van der Waals surface area contributed by atoms with Crippen LogP contribution in [0.15, 0.2) is 42.5 Å². The Labute approximate surface area is 174 Å². The van der Waals surface area contributed by atoms with Gasteiger partial charge in [-0.3, -0.25) is 4.79 Å². The third kappa shape index (κ3) is 3.36. The minimum Gasteiger partial charge on any atom is -0.368 e. The molecule has 1 fully saturated rings. The van der Waals surface area contributed by atoms with E-state index in [1.165, 1.54) is 23.3 Å². The van der Waals surface area contributed by atoms with Crippen molar-refractivity contribution >= 4 is 11.6 Å². The number of rotatable bonds is 1. The standard InChI is InChI=1S/C24H25F3N2O/c25-24(26,27)19-8-9-21-18(13-19)14-20(22-7-3-4-11-29(21)22)23(30)28-12-10-16-5-1-2-6-17(16)15-28/h1-2,5-6,8-9,13,20,22H,3-4,7,10-12,14-15H2. The SMILES string of the molecule is O=C(C1Cc2cc(C(F)(F)F)ccc2N2CCCCC12)N1CCc2ccccc2C1. The van der Waals surface area contributed by atoms with Crippen molar-refractivity contribution in [2.75, 3.05) is 18.0 Å². The molecule has 0 saturated carbocycles. The van der Waals surface area contributed by atoms with Gasteiger partial charge in [-0.1, -0.05) is 24.3 Å². The summed E-state index contributed by atoms with van der Waals surface area (Å²) in [6.45, 7) is 2.07. The number of piperidine rings is 1. The van der Waals surface area contributed by atoms with Crippen molar-refractivity contribution < 1.29 is 18.0 Å². The lowest BCUT2D eigenvalue weighted by Crippen LogP contribution is -2.54. The maximum Gasteiger partial charge on any atom is 0.416 e. The number of alkyl halides is 3. The van der Waals surface area contributed by atoms with Gasteiger partial charge in [0.05, 0.1) is 11.5 Å². The van der Waals surface area contributed by atoms with Crippen LogP contribution in [0.25, 0.3) is 0 Å². The summed E-state index contributed by atoms with van der Waals surface area (Å²) in [7, 11) is 0. The molecule has 1 saturated heterocycles. The number of carbonyl (C=O) groups is 1. The molecule has 0 radical (unpaired) electrons. The largest absolute Gasteiger partial charge is 0.416 e. The second kappa shape index (κ2) is 7.33. The van der Waals surface area contributed by atoms with Gasteiger partial charge in [-0.2, -0.15) is 13.2 Å². The van der Waals surface area contributed by atoms with Gasteiger partial charge in [0.25, 0.3) is 0 Å². The van der Waals surface area contributed by atoms with E-state index in [0.29, 0.717) is 25.1 Å². The zero-order valence-electron chi connectivity index (χ0n) is 16.8. The summed E-state index contributed by atoms with van der Waals surface area (Å²) in [5.41, 5.74) is 3.35. The molecule has 3 heterocycles. The number of carbonyl (C=O) groups excluding carboxylic acids is 1. The van der Waals surface area contributed by atoms with Crippen LogP contribution in [-0.2, 0) is 30.4 Å². The fraction of sp³-hybridized carbons (Fsp3) is 0.458. The van der Waals surface area contributed by atoms with Gasteiger partial charge in [-0.15, -0.1) is 0 Å². The number of benzene rings is 2. The van der Waals surface area contributed by atoms with Crippen molar-refractivity contribution in [1.82, 2.24) is 4.90 Å². The Morgan fingerprint density at radius 3 is 2.57 bits per heavy atom. The summed E-state index contributed by atoms with van der Waals surface area (Å²) in [5, 5.41) is 0. The van der Waals surface area contributed by atoms with Crippen LogP contribution < -0.4 is 4.90 Å². The summed E-state index contributed by atoms with van der Waals surface area (Å²) >= 11 is 0. The minimum absolute atomic E-state index is 0.0765.